The third-order valence-corrected chi connectivity index (χ3v) is 3.54. The van der Waals surface area contributed by atoms with Crippen LogP contribution in [0, 0.1) is 5.41 Å². The van der Waals surface area contributed by atoms with Crippen LogP contribution in [-0.4, -0.2) is 32.2 Å². The van der Waals surface area contributed by atoms with Gasteiger partial charge in [0, 0.05) is 19.8 Å². The number of carboxylic acid groups (broad SMARTS) is 1. The van der Waals surface area contributed by atoms with E-state index in [2.05, 4.69) is 15.3 Å². The molecule has 2 heterocycles. The molecule has 0 spiro atoms. The quantitative estimate of drug-likeness (QED) is 0.848. The van der Waals surface area contributed by atoms with Gasteiger partial charge in [0.05, 0.1) is 17.3 Å². The molecule has 0 atom stereocenters. The molecule has 1 aliphatic rings. The summed E-state index contributed by atoms with van der Waals surface area (Å²) in [4.78, 5) is 19.6. The zero-order valence-electron chi connectivity index (χ0n) is 10.1. The van der Waals surface area contributed by atoms with Crippen molar-refractivity contribution in [3.8, 4) is 0 Å². The van der Waals surface area contributed by atoms with Crippen LogP contribution in [0.1, 0.15) is 12.8 Å². The lowest BCUT2D eigenvalue weighted by atomic mass is 10.1. The second-order valence-corrected chi connectivity index (χ2v) is 4.82. The number of fused-ring (bicyclic) bond motifs is 1. The lowest BCUT2D eigenvalue weighted by Gasteiger charge is -2.11. The molecule has 2 N–H and O–H groups in total. The van der Waals surface area contributed by atoms with Gasteiger partial charge < -0.3 is 15.0 Å². The van der Waals surface area contributed by atoms with Crippen molar-refractivity contribution >= 4 is 22.8 Å². The number of carbonyl (C=O) groups is 1. The van der Waals surface area contributed by atoms with Gasteiger partial charge in [-0.2, -0.15) is 0 Å². The smallest absolute Gasteiger partial charge is 0.311 e. The average Bonchev–Trinajstić information content (AvgIpc) is 3.07. The second-order valence-electron chi connectivity index (χ2n) is 4.82. The first-order valence-corrected chi connectivity index (χ1v) is 5.86. The van der Waals surface area contributed by atoms with Gasteiger partial charge in [0.25, 0.3) is 0 Å². The minimum Gasteiger partial charge on any atom is -0.481 e. The highest BCUT2D eigenvalue weighted by atomic mass is 16.4. The number of aryl methyl sites for hydroxylation is 1. The van der Waals surface area contributed by atoms with Crippen molar-refractivity contribution in [2.75, 3.05) is 11.9 Å². The molecule has 1 aliphatic carbocycles. The standard InChI is InChI=1S/C12H14N4O2/c1-16-7-15-9-8(16)2-5-13-10(9)14-6-12(3-4-12)11(17)18/h2,5,7H,3-4,6H2,1H3,(H,13,14)(H,17,18). The summed E-state index contributed by atoms with van der Waals surface area (Å²) in [7, 11) is 1.92. The van der Waals surface area contributed by atoms with Crippen LogP contribution in [0.15, 0.2) is 18.6 Å². The molecule has 18 heavy (non-hydrogen) atoms. The van der Waals surface area contributed by atoms with Gasteiger partial charge in [-0.05, 0) is 18.9 Å². The average molecular weight is 246 g/mol. The highest BCUT2D eigenvalue weighted by Crippen LogP contribution is 2.45. The molecule has 0 radical (unpaired) electrons. The monoisotopic (exact) mass is 246 g/mol. The van der Waals surface area contributed by atoms with Gasteiger partial charge >= 0.3 is 5.97 Å². The van der Waals surface area contributed by atoms with E-state index in [0.717, 1.165) is 23.9 Å². The number of pyridine rings is 1. The molecule has 2 aromatic rings. The van der Waals surface area contributed by atoms with Crippen LogP contribution in [0.2, 0.25) is 0 Å². The van der Waals surface area contributed by atoms with Gasteiger partial charge in [0.2, 0.25) is 0 Å². The SMILES string of the molecule is Cn1cnc2c(NCC3(C(=O)O)CC3)nccc21. The molecule has 1 fully saturated rings. The van der Waals surface area contributed by atoms with Crippen molar-refractivity contribution < 1.29 is 9.90 Å². The van der Waals surface area contributed by atoms with Crippen LogP contribution in [0.25, 0.3) is 11.0 Å². The molecule has 0 aliphatic heterocycles. The third kappa shape index (κ3) is 1.61. The predicted molar refractivity (Wildman–Crippen MR) is 66.3 cm³/mol. The van der Waals surface area contributed by atoms with Crippen molar-refractivity contribution in [2.24, 2.45) is 12.5 Å². The van der Waals surface area contributed by atoms with E-state index in [9.17, 15) is 4.79 Å². The Bertz CT molecular complexity index is 616. The summed E-state index contributed by atoms with van der Waals surface area (Å²) in [6.07, 6.45) is 4.88. The minimum absolute atomic E-state index is 0.408. The van der Waals surface area contributed by atoms with Gasteiger partial charge in [-0.15, -0.1) is 0 Å². The number of hydrogen-bond acceptors (Lipinski definition) is 4. The van der Waals surface area contributed by atoms with Crippen LogP contribution in [-0.2, 0) is 11.8 Å². The Kier molecular flexibility index (Phi) is 2.26. The zero-order valence-corrected chi connectivity index (χ0v) is 10.1. The van der Waals surface area contributed by atoms with Crippen LogP contribution in [0.5, 0.6) is 0 Å². The van der Waals surface area contributed by atoms with Gasteiger partial charge in [-0.3, -0.25) is 4.79 Å². The summed E-state index contributed by atoms with van der Waals surface area (Å²) in [6.45, 7) is 0.408. The molecule has 0 amide bonds. The van der Waals surface area contributed by atoms with E-state index >= 15 is 0 Å². The molecule has 2 aromatic heterocycles. The first-order chi connectivity index (χ1) is 8.62. The fourth-order valence-electron chi connectivity index (χ4n) is 2.06. The Morgan fingerprint density at radius 3 is 3.00 bits per heavy atom. The topological polar surface area (TPSA) is 80.0 Å². The maximum atomic E-state index is 11.1. The normalized spacial score (nSPS) is 16.7. The second kappa shape index (κ2) is 3.69. The van der Waals surface area contributed by atoms with Crippen LogP contribution in [0.4, 0.5) is 5.82 Å². The molecular formula is C12H14N4O2. The Morgan fingerprint density at radius 2 is 2.33 bits per heavy atom. The summed E-state index contributed by atoms with van der Waals surface area (Å²) in [6, 6.07) is 1.89. The number of nitrogens with zero attached hydrogens (tertiary/aromatic N) is 3. The fraction of sp³-hybridized carbons (Fsp3) is 0.417. The molecule has 0 saturated heterocycles. The van der Waals surface area contributed by atoms with Gasteiger partial charge in [-0.1, -0.05) is 0 Å². The molecule has 6 nitrogen and oxygen atoms in total. The van der Waals surface area contributed by atoms with E-state index in [1.54, 1.807) is 12.5 Å². The first kappa shape index (κ1) is 11.0. The number of nitrogens with one attached hydrogen (secondary N) is 1. The fourth-order valence-corrected chi connectivity index (χ4v) is 2.06. The largest absolute Gasteiger partial charge is 0.481 e. The van der Waals surface area contributed by atoms with Gasteiger partial charge in [0.15, 0.2) is 5.82 Å². The predicted octanol–water partition coefficient (Wildman–Crippen LogP) is 1.24. The number of imidazole rings is 1. The molecule has 94 valence electrons. The number of aliphatic carboxylic acids is 1. The summed E-state index contributed by atoms with van der Waals surface area (Å²) in [5.74, 6) is -0.0798. The number of rotatable bonds is 4. The maximum absolute atomic E-state index is 11.1. The van der Waals surface area contributed by atoms with Crippen molar-refractivity contribution in [3.05, 3.63) is 18.6 Å². The number of anilines is 1. The molecule has 0 bridgehead atoms. The Morgan fingerprint density at radius 1 is 1.56 bits per heavy atom. The summed E-state index contributed by atoms with van der Waals surface area (Å²) >= 11 is 0. The van der Waals surface area contributed by atoms with E-state index in [4.69, 9.17) is 5.11 Å². The van der Waals surface area contributed by atoms with E-state index in [1.807, 2.05) is 17.7 Å². The summed E-state index contributed by atoms with van der Waals surface area (Å²) in [5, 5.41) is 12.2. The highest BCUT2D eigenvalue weighted by Gasteiger charge is 2.50. The lowest BCUT2D eigenvalue weighted by Crippen LogP contribution is -2.24. The van der Waals surface area contributed by atoms with Crippen LogP contribution >= 0.6 is 0 Å². The van der Waals surface area contributed by atoms with Crippen molar-refractivity contribution in [2.45, 2.75) is 12.8 Å². The highest BCUT2D eigenvalue weighted by molar-refractivity contribution is 5.86. The van der Waals surface area contributed by atoms with Gasteiger partial charge in [-0.25, -0.2) is 9.97 Å². The summed E-state index contributed by atoms with van der Waals surface area (Å²) in [5.41, 5.74) is 1.16. The Balaban J connectivity index is 1.85. The Hall–Kier alpha value is -2.11. The molecule has 6 heteroatoms. The molecular weight excluding hydrogens is 232 g/mol. The third-order valence-electron chi connectivity index (χ3n) is 3.54. The zero-order chi connectivity index (χ0) is 12.8. The maximum Gasteiger partial charge on any atom is 0.311 e. The lowest BCUT2D eigenvalue weighted by molar-refractivity contribution is -0.142. The van der Waals surface area contributed by atoms with E-state index in [0.29, 0.717) is 12.4 Å². The first-order valence-electron chi connectivity index (χ1n) is 5.86. The minimum atomic E-state index is -0.733. The van der Waals surface area contributed by atoms with Crippen LogP contribution < -0.4 is 5.32 Å². The van der Waals surface area contributed by atoms with Crippen LogP contribution in [0.3, 0.4) is 0 Å². The number of aromatic nitrogens is 3. The molecule has 0 unspecified atom stereocenters. The summed E-state index contributed by atoms with van der Waals surface area (Å²) < 4.78 is 1.91. The van der Waals surface area contributed by atoms with E-state index in [1.165, 1.54) is 0 Å². The number of hydrogen-bond donors (Lipinski definition) is 2. The Labute approximate surface area is 104 Å². The molecule has 1 saturated carbocycles. The molecule has 0 aromatic carbocycles. The van der Waals surface area contributed by atoms with Crippen molar-refractivity contribution in [1.82, 2.24) is 14.5 Å². The van der Waals surface area contributed by atoms with Gasteiger partial charge in [0.1, 0.15) is 5.52 Å². The molecule has 3 rings (SSSR count). The van der Waals surface area contributed by atoms with Crippen molar-refractivity contribution in [3.63, 3.8) is 0 Å². The van der Waals surface area contributed by atoms with E-state index < -0.39 is 11.4 Å². The van der Waals surface area contributed by atoms with Crippen molar-refractivity contribution in [1.29, 1.82) is 0 Å². The van der Waals surface area contributed by atoms with E-state index in [-0.39, 0.29) is 0 Å². The number of carboxylic acids is 1.